The molecular weight excluding hydrogens is 649 g/mol. The van der Waals surface area contributed by atoms with Crippen molar-refractivity contribution < 1.29 is 0 Å². The molecule has 52 heavy (non-hydrogen) atoms. The Morgan fingerprint density at radius 1 is 0.423 bits per heavy atom. The SMILES string of the molecule is Cc1ccc(N)c(NCCCN)c1.Cc1ccc(NCCCN)c(N)c1.Cc1cccc(N)c1NCCCN.Cc1cccc(NCCCN)c1N. The Morgan fingerprint density at radius 2 is 0.904 bits per heavy atom. The number of aryl methyl sites for hydroxylation is 4. The van der Waals surface area contributed by atoms with Crippen LogP contribution in [0.2, 0.25) is 0 Å². The second-order valence-corrected chi connectivity index (χ2v) is 12.5. The van der Waals surface area contributed by atoms with Crippen molar-refractivity contribution in [1.82, 2.24) is 0 Å². The van der Waals surface area contributed by atoms with Crippen molar-refractivity contribution in [2.75, 3.05) is 96.6 Å². The lowest BCUT2D eigenvalue weighted by Crippen LogP contribution is -2.10. The largest absolute Gasteiger partial charge is 0.397 e. The molecule has 0 amide bonds. The van der Waals surface area contributed by atoms with Crippen molar-refractivity contribution >= 4 is 45.5 Å². The number of hydrogen-bond acceptors (Lipinski definition) is 12. The van der Waals surface area contributed by atoms with Crippen LogP contribution < -0.4 is 67.1 Å². The Bertz CT molecular complexity index is 1520. The number of anilines is 8. The Morgan fingerprint density at radius 3 is 1.46 bits per heavy atom. The van der Waals surface area contributed by atoms with Crippen LogP contribution in [0.3, 0.4) is 0 Å². The summed E-state index contributed by atoms with van der Waals surface area (Å²) in [6.07, 6.45) is 3.86. The van der Waals surface area contributed by atoms with Crippen molar-refractivity contribution in [3.05, 3.63) is 95.1 Å². The van der Waals surface area contributed by atoms with Gasteiger partial charge in [0.05, 0.1) is 45.5 Å². The van der Waals surface area contributed by atoms with Crippen molar-refractivity contribution in [2.45, 2.75) is 53.4 Å². The molecule has 12 nitrogen and oxygen atoms in total. The van der Waals surface area contributed by atoms with Crippen LogP contribution in [0.1, 0.15) is 47.9 Å². The van der Waals surface area contributed by atoms with Crippen molar-refractivity contribution in [3.8, 4) is 0 Å². The number of para-hydroxylation sites is 2. The summed E-state index contributed by atoms with van der Waals surface area (Å²) in [7, 11) is 0. The van der Waals surface area contributed by atoms with Gasteiger partial charge in [-0.15, -0.1) is 0 Å². The highest BCUT2D eigenvalue weighted by Gasteiger charge is 2.01. The molecular formula is C40H68N12. The lowest BCUT2D eigenvalue weighted by atomic mass is 10.1. The summed E-state index contributed by atoms with van der Waals surface area (Å²) >= 11 is 0. The van der Waals surface area contributed by atoms with Gasteiger partial charge in [-0.2, -0.15) is 0 Å². The quantitative estimate of drug-likeness (QED) is 0.0517. The molecule has 0 aliphatic heterocycles. The van der Waals surface area contributed by atoms with E-state index in [1.54, 1.807) is 0 Å². The average molecular weight is 717 g/mol. The van der Waals surface area contributed by atoms with Gasteiger partial charge in [0.1, 0.15) is 0 Å². The first-order valence-electron chi connectivity index (χ1n) is 18.2. The molecule has 0 atom stereocenters. The molecule has 12 heteroatoms. The number of nitrogens with one attached hydrogen (secondary N) is 4. The second kappa shape index (κ2) is 26.9. The van der Waals surface area contributed by atoms with Crippen molar-refractivity contribution in [3.63, 3.8) is 0 Å². The molecule has 0 spiro atoms. The number of benzene rings is 4. The molecule has 0 aliphatic rings. The topological polar surface area (TPSA) is 256 Å². The van der Waals surface area contributed by atoms with E-state index in [1.165, 1.54) is 16.7 Å². The predicted molar refractivity (Wildman–Crippen MR) is 231 cm³/mol. The molecule has 288 valence electrons. The molecule has 0 aliphatic carbocycles. The highest BCUT2D eigenvalue weighted by molar-refractivity contribution is 5.71. The van der Waals surface area contributed by atoms with Gasteiger partial charge >= 0.3 is 0 Å². The van der Waals surface area contributed by atoms with Crippen LogP contribution in [0, 0.1) is 27.7 Å². The van der Waals surface area contributed by atoms with Crippen molar-refractivity contribution in [2.24, 2.45) is 22.9 Å². The normalized spacial score (nSPS) is 10.0. The van der Waals surface area contributed by atoms with Gasteiger partial charge in [-0.3, -0.25) is 0 Å². The molecule has 0 bridgehead atoms. The third-order valence-corrected chi connectivity index (χ3v) is 7.82. The van der Waals surface area contributed by atoms with E-state index in [4.69, 9.17) is 45.9 Å². The van der Waals surface area contributed by atoms with Gasteiger partial charge < -0.3 is 67.1 Å². The van der Waals surface area contributed by atoms with E-state index in [0.29, 0.717) is 26.2 Å². The summed E-state index contributed by atoms with van der Waals surface area (Å²) in [5.41, 5.74) is 56.8. The first-order chi connectivity index (χ1) is 25.0. The Hall–Kier alpha value is -4.88. The van der Waals surface area contributed by atoms with Crippen LogP contribution in [0.5, 0.6) is 0 Å². The highest BCUT2D eigenvalue weighted by Crippen LogP contribution is 2.23. The van der Waals surface area contributed by atoms with Crippen LogP contribution in [-0.4, -0.2) is 52.4 Å². The minimum atomic E-state index is 0.707. The fourth-order valence-electron chi connectivity index (χ4n) is 4.72. The lowest BCUT2D eigenvalue weighted by Gasteiger charge is -2.11. The van der Waals surface area contributed by atoms with Gasteiger partial charge in [0.25, 0.3) is 0 Å². The standard InChI is InChI=1S/4C10H17N3/c1-8-3-4-10(9(12)7-8)13-6-2-5-11;1-8-3-4-9(12)10(7-8)13-6-2-5-11;1-8-4-2-5-9(10(8)12)13-7-3-6-11;1-8-4-2-5-9(12)10(8)13-7-3-6-11/h2*3-4,7,13H,2,5-6,11-12H2,1H3;2*2,4-5,13H,3,6-7,11-12H2,1H3. The number of rotatable bonds is 16. The Balaban J connectivity index is 0.000000347. The Kier molecular flexibility index (Phi) is 23.3. The van der Waals surface area contributed by atoms with Crippen LogP contribution in [0.4, 0.5) is 45.5 Å². The maximum atomic E-state index is 5.87. The minimum absolute atomic E-state index is 0.707. The van der Waals surface area contributed by atoms with Gasteiger partial charge in [-0.1, -0.05) is 36.4 Å². The van der Waals surface area contributed by atoms with Crippen LogP contribution in [-0.2, 0) is 0 Å². The first kappa shape index (κ1) is 45.1. The van der Waals surface area contributed by atoms with E-state index in [1.807, 2.05) is 100 Å². The van der Waals surface area contributed by atoms with E-state index in [0.717, 1.165) is 103 Å². The number of nitrogens with two attached hydrogens (primary N) is 8. The van der Waals surface area contributed by atoms with Crippen LogP contribution >= 0.6 is 0 Å². The van der Waals surface area contributed by atoms with Gasteiger partial charge in [-0.25, -0.2) is 0 Å². The fourth-order valence-corrected chi connectivity index (χ4v) is 4.72. The third kappa shape index (κ3) is 18.4. The zero-order chi connectivity index (χ0) is 38.7. The molecule has 0 fully saturated rings. The van der Waals surface area contributed by atoms with Gasteiger partial charge in [-0.05, 0) is 138 Å². The van der Waals surface area contributed by atoms with E-state index < -0.39 is 0 Å². The summed E-state index contributed by atoms with van der Waals surface area (Å²) in [4.78, 5) is 0. The average Bonchev–Trinajstić information content (AvgIpc) is 3.12. The zero-order valence-corrected chi connectivity index (χ0v) is 32.0. The maximum Gasteiger partial charge on any atom is 0.0603 e. The number of hydrogen-bond donors (Lipinski definition) is 12. The molecule has 0 radical (unpaired) electrons. The summed E-state index contributed by atoms with van der Waals surface area (Å²) in [5, 5.41) is 13.0. The van der Waals surface area contributed by atoms with Crippen LogP contribution in [0.25, 0.3) is 0 Å². The van der Waals surface area contributed by atoms with E-state index in [-0.39, 0.29) is 0 Å². The summed E-state index contributed by atoms with van der Waals surface area (Å²) in [5.74, 6) is 0. The molecule has 0 heterocycles. The summed E-state index contributed by atoms with van der Waals surface area (Å²) in [6.45, 7) is 14.5. The van der Waals surface area contributed by atoms with E-state index in [2.05, 4.69) is 21.3 Å². The minimum Gasteiger partial charge on any atom is -0.397 e. The third-order valence-electron chi connectivity index (χ3n) is 7.82. The second-order valence-electron chi connectivity index (χ2n) is 12.5. The molecule has 0 unspecified atom stereocenters. The smallest absolute Gasteiger partial charge is 0.0603 e. The molecule has 4 rings (SSSR count). The summed E-state index contributed by atoms with van der Waals surface area (Å²) in [6, 6.07) is 23.9. The maximum absolute atomic E-state index is 5.87. The van der Waals surface area contributed by atoms with E-state index >= 15 is 0 Å². The van der Waals surface area contributed by atoms with Gasteiger partial charge in [0.2, 0.25) is 0 Å². The van der Waals surface area contributed by atoms with Crippen LogP contribution in [0.15, 0.2) is 72.8 Å². The molecule has 0 aromatic heterocycles. The predicted octanol–water partition coefficient (Wildman–Crippen LogP) is 5.35. The van der Waals surface area contributed by atoms with Crippen molar-refractivity contribution in [1.29, 1.82) is 0 Å². The Labute approximate surface area is 312 Å². The first-order valence-corrected chi connectivity index (χ1v) is 18.2. The lowest BCUT2D eigenvalue weighted by molar-refractivity contribution is 0.874. The molecule has 0 saturated heterocycles. The fraction of sp³-hybridized carbons (Fsp3) is 0.400. The van der Waals surface area contributed by atoms with E-state index in [9.17, 15) is 0 Å². The van der Waals surface area contributed by atoms with Gasteiger partial charge in [0.15, 0.2) is 0 Å². The molecule has 4 aromatic carbocycles. The molecule has 4 aromatic rings. The molecule has 20 N–H and O–H groups in total. The summed E-state index contributed by atoms with van der Waals surface area (Å²) < 4.78 is 0. The monoisotopic (exact) mass is 717 g/mol. The highest BCUT2D eigenvalue weighted by atomic mass is 14.9. The van der Waals surface area contributed by atoms with Gasteiger partial charge in [0, 0.05) is 26.2 Å². The molecule has 0 saturated carbocycles. The number of nitrogen functional groups attached to an aromatic ring is 4. The zero-order valence-electron chi connectivity index (χ0n) is 32.0.